The van der Waals surface area contributed by atoms with Crippen molar-refractivity contribution in [3.63, 3.8) is 0 Å². The van der Waals surface area contributed by atoms with Crippen molar-refractivity contribution in [3.8, 4) is 11.5 Å². The van der Waals surface area contributed by atoms with Crippen LogP contribution in [0.2, 0.25) is 0 Å². The molecule has 1 aliphatic rings. The minimum atomic E-state index is -5.08. The third kappa shape index (κ3) is 8.73. The molecule has 1 atom stereocenters. The van der Waals surface area contributed by atoms with Crippen molar-refractivity contribution >= 4 is 28.5 Å². The number of aromatic nitrogens is 2. The summed E-state index contributed by atoms with van der Waals surface area (Å²) in [4.78, 5) is 21.0. The van der Waals surface area contributed by atoms with Crippen LogP contribution in [0.1, 0.15) is 23.4 Å². The number of hydrogen-bond donors (Lipinski definition) is 4. The fourth-order valence-electron chi connectivity index (χ4n) is 2.83. The first-order valence-corrected chi connectivity index (χ1v) is 10.6. The number of benzene rings is 1. The first kappa shape index (κ1) is 26.1. The van der Waals surface area contributed by atoms with E-state index in [-0.39, 0.29) is 12.1 Å². The molecule has 1 fully saturated rings. The average molecular weight is 491 g/mol. The largest absolute Gasteiger partial charge is 0.493 e. The van der Waals surface area contributed by atoms with E-state index in [9.17, 15) is 18.0 Å². The van der Waals surface area contributed by atoms with E-state index in [1.807, 2.05) is 18.2 Å². The fraction of sp³-hybridized carbons (Fsp3) is 0.474. The molecule has 3 rings (SSSR count). The second-order valence-corrected chi connectivity index (χ2v) is 7.87. The Labute approximate surface area is 191 Å². The van der Waals surface area contributed by atoms with Gasteiger partial charge in [0.2, 0.25) is 5.13 Å². The zero-order valence-electron chi connectivity index (χ0n) is 17.9. The number of carbonyl (C=O) groups excluding carboxylic acids is 1. The van der Waals surface area contributed by atoms with Crippen LogP contribution in [0.5, 0.6) is 11.5 Å². The van der Waals surface area contributed by atoms with Gasteiger partial charge in [0.05, 0.1) is 14.2 Å². The second kappa shape index (κ2) is 12.2. The van der Waals surface area contributed by atoms with Crippen molar-refractivity contribution in [1.82, 2.24) is 20.8 Å². The van der Waals surface area contributed by atoms with Gasteiger partial charge < -0.3 is 25.2 Å². The average Bonchev–Trinajstić information content (AvgIpc) is 3.20. The van der Waals surface area contributed by atoms with Crippen molar-refractivity contribution in [2.24, 2.45) is 0 Å². The molecule has 14 heteroatoms. The summed E-state index contributed by atoms with van der Waals surface area (Å²) in [6.07, 6.45) is -2.42. The van der Waals surface area contributed by atoms with Crippen LogP contribution in [0.25, 0.3) is 0 Å². The van der Waals surface area contributed by atoms with E-state index in [1.54, 1.807) is 14.2 Å². The SMILES string of the molecule is COc1ccc(Cc2nnc(NC(=O)NC3CCCNC3)s2)cc1OC.O=C(O)C(F)(F)F. The standard InChI is InChI=1S/C17H23N5O3S.C2HF3O2/c1-24-13-6-5-11(8-14(13)25-2)9-15-21-22-17(26-15)20-16(23)19-12-4-3-7-18-10-12;3-2(4,5)1(6)7/h5-6,8,12,18H,3-4,7,9-10H2,1-2H3,(H2,19,20,22,23);(H,6,7). The molecule has 0 bridgehead atoms. The number of urea groups is 1. The highest BCUT2D eigenvalue weighted by molar-refractivity contribution is 7.15. The number of carboxylic acids is 1. The molecule has 1 aromatic heterocycles. The number of anilines is 1. The van der Waals surface area contributed by atoms with Gasteiger partial charge in [0.15, 0.2) is 11.5 Å². The summed E-state index contributed by atoms with van der Waals surface area (Å²) in [5.41, 5.74) is 1.03. The first-order valence-electron chi connectivity index (χ1n) is 9.74. The van der Waals surface area contributed by atoms with Crippen LogP contribution >= 0.6 is 11.3 Å². The number of halogens is 3. The smallest absolute Gasteiger partial charge is 0.490 e. The van der Waals surface area contributed by atoms with E-state index in [1.165, 1.54) is 11.3 Å². The molecule has 10 nitrogen and oxygen atoms in total. The molecule has 0 spiro atoms. The van der Waals surface area contributed by atoms with E-state index >= 15 is 0 Å². The Morgan fingerprint density at radius 2 is 1.94 bits per heavy atom. The summed E-state index contributed by atoms with van der Waals surface area (Å²) in [6, 6.07) is 5.64. The minimum Gasteiger partial charge on any atom is -0.493 e. The molecule has 1 unspecified atom stereocenters. The van der Waals surface area contributed by atoms with E-state index in [0.29, 0.717) is 23.1 Å². The number of amides is 2. The number of ether oxygens (including phenoxy) is 2. The lowest BCUT2D eigenvalue weighted by Gasteiger charge is -2.23. The number of methoxy groups -OCH3 is 2. The number of piperidine rings is 1. The number of aliphatic carboxylic acids is 1. The Morgan fingerprint density at radius 1 is 1.24 bits per heavy atom. The van der Waals surface area contributed by atoms with Gasteiger partial charge in [-0.15, -0.1) is 10.2 Å². The van der Waals surface area contributed by atoms with Crippen molar-refractivity contribution in [2.75, 3.05) is 32.6 Å². The molecule has 1 saturated heterocycles. The molecule has 33 heavy (non-hydrogen) atoms. The monoisotopic (exact) mass is 491 g/mol. The molecule has 2 amide bonds. The van der Waals surface area contributed by atoms with Gasteiger partial charge in [0.1, 0.15) is 5.01 Å². The Bertz CT molecular complexity index is 935. The number of rotatable bonds is 6. The maximum absolute atomic E-state index is 12.1. The number of carboxylic acid groups (broad SMARTS) is 1. The van der Waals surface area contributed by atoms with Gasteiger partial charge in [0, 0.05) is 19.0 Å². The number of nitrogens with one attached hydrogen (secondary N) is 3. The minimum absolute atomic E-state index is 0.155. The van der Waals surface area contributed by atoms with Crippen LogP contribution < -0.4 is 25.4 Å². The van der Waals surface area contributed by atoms with Gasteiger partial charge >= 0.3 is 18.2 Å². The third-order valence-electron chi connectivity index (χ3n) is 4.37. The molecule has 2 aromatic rings. The first-order chi connectivity index (χ1) is 15.6. The maximum Gasteiger partial charge on any atom is 0.490 e. The second-order valence-electron chi connectivity index (χ2n) is 6.81. The number of alkyl halides is 3. The van der Waals surface area contributed by atoms with Crippen molar-refractivity contribution in [3.05, 3.63) is 28.8 Å². The van der Waals surface area contributed by atoms with Crippen LogP contribution in [-0.2, 0) is 11.2 Å². The Balaban J connectivity index is 0.000000479. The van der Waals surface area contributed by atoms with Crippen molar-refractivity contribution < 1.29 is 37.3 Å². The topological polar surface area (TPSA) is 135 Å². The fourth-order valence-corrected chi connectivity index (χ4v) is 3.60. The van der Waals surface area contributed by atoms with Gasteiger partial charge in [-0.2, -0.15) is 13.2 Å². The highest BCUT2D eigenvalue weighted by atomic mass is 32.1. The van der Waals surface area contributed by atoms with Crippen LogP contribution in [0.4, 0.5) is 23.1 Å². The Hall–Kier alpha value is -3.13. The zero-order valence-corrected chi connectivity index (χ0v) is 18.7. The molecular formula is C19H24F3N5O5S. The van der Waals surface area contributed by atoms with Crippen LogP contribution in [-0.4, -0.2) is 66.8 Å². The van der Waals surface area contributed by atoms with Crippen LogP contribution in [0.15, 0.2) is 18.2 Å². The van der Waals surface area contributed by atoms with Crippen molar-refractivity contribution in [1.29, 1.82) is 0 Å². The van der Waals surface area contributed by atoms with Crippen LogP contribution in [0.3, 0.4) is 0 Å². The lowest BCUT2D eigenvalue weighted by atomic mass is 10.1. The quantitative estimate of drug-likeness (QED) is 0.485. The number of hydrogen-bond acceptors (Lipinski definition) is 8. The molecule has 1 aliphatic heterocycles. The Kier molecular flexibility index (Phi) is 9.66. The van der Waals surface area contributed by atoms with Crippen molar-refractivity contribution in [2.45, 2.75) is 31.5 Å². The molecule has 1 aromatic carbocycles. The number of nitrogens with zero attached hydrogens (tertiary/aromatic N) is 2. The molecule has 0 radical (unpaired) electrons. The predicted octanol–water partition coefficient (Wildman–Crippen LogP) is 2.65. The highest BCUT2D eigenvalue weighted by Crippen LogP contribution is 2.29. The van der Waals surface area contributed by atoms with E-state index in [2.05, 4.69) is 26.1 Å². The predicted molar refractivity (Wildman–Crippen MR) is 114 cm³/mol. The zero-order chi connectivity index (χ0) is 24.4. The van der Waals surface area contributed by atoms with Gasteiger partial charge in [0.25, 0.3) is 0 Å². The lowest BCUT2D eigenvalue weighted by Crippen LogP contribution is -2.47. The van der Waals surface area contributed by atoms with Gasteiger partial charge in [-0.05, 0) is 37.1 Å². The Morgan fingerprint density at radius 3 is 2.52 bits per heavy atom. The maximum atomic E-state index is 12.1. The summed E-state index contributed by atoms with van der Waals surface area (Å²) in [6.45, 7) is 1.81. The van der Waals surface area contributed by atoms with Crippen LogP contribution in [0, 0.1) is 0 Å². The summed E-state index contributed by atoms with van der Waals surface area (Å²) in [7, 11) is 3.21. The summed E-state index contributed by atoms with van der Waals surface area (Å²) in [5, 5.41) is 25.6. The summed E-state index contributed by atoms with van der Waals surface area (Å²) in [5.74, 6) is -1.40. The lowest BCUT2D eigenvalue weighted by molar-refractivity contribution is -0.192. The third-order valence-corrected chi connectivity index (χ3v) is 5.20. The summed E-state index contributed by atoms with van der Waals surface area (Å²) < 4.78 is 42.3. The normalized spacial score (nSPS) is 15.6. The molecule has 0 saturated carbocycles. The van der Waals surface area contributed by atoms with E-state index < -0.39 is 12.1 Å². The summed E-state index contributed by atoms with van der Waals surface area (Å²) >= 11 is 1.36. The molecular weight excluding hydrogens is 467 g/mol. The van der Waals surface area contributed by atoms with E-state index in [0.717, 1.165) is 36.5 Å². The molecule has 4 N–H and O–H groups in total. The van der Waals surface area contributed by atoms with Gasteiger partial charge in [-0.3, -0.25) is 5.32 Å². The molecule has 0 aliphatic carbocycles. The van der Waals surface area contributed by atoms with Gasteiger partial charge in [-0.25, -0.2) is 9.59 Å². The number of carbonyl (C=O) groups is 2. The molecule has 182 valence electrons. The van der Waals surface area contributed by atoms with E-state index in [4.69, 9.17) is 19.4 Å². The van der Waals surface area contributed by atoms with Gasteiger partial charge in [-0.1, -0.05) is 17.4 Å². The molecule has 2 heterocycles. The highest BCUT2D eigenvalue weighted by Gasteiger charge is 2.38.